The van der Waals surface area contributed by atoms with Crippen LogP contribution in [0.15, 0.2) is 0 Å². The number of alkyl halides is 1. The second-order valence-electron chi connectivity index (χ2n) is 3.50. The molecule has 0 radical (unpaired) electrons. The van der Waals surface area contributed by atoms with Crippen LogP contribution in [0.2, 0.25) is 0 Å². The van der Waals surface area contributed by atoms with Crippen molar-refractivity contribution in [2.24, 2.45) is 7.05 Å². The maximum Gasteiger partial charge on any atom is 0.188 e. The van der Waals surface area contributed by atoms with Crippen LogP contribution in [0.5, 0.6) is 0 Å². The molecule has 14 heavy (non-hydrogen) atoms. The summed E-state index contributed by atoms with van der Waals surface area (Å²) in [6.07, 6.45) is 1.12. The van der Waals surface area contributed by atoms with Gasteiger partial charge in [-0.05, 0) is 25.2 Å². The van der Waals surface area contributed by atoms with Gasteiger partial charge in [-0.15, -0.1) is 10.2 Å². The molecule has 0 fully saturated rings. The first-order valence-corrected chi connectivity index (χ1v) is 5.55. The third-order valence-electron chi connectivity index (χ3n) is 1.87. The monoisotopic (exact) mass is 261 g/mol. The molecule has 6 heteroatoms. The van der Waals surface area contributed by atoms with Gasteiger partial charge in [-0.1, -0.05) is 22.9 Å². The summed E-state index contributed by atoms with van der Waals surface area (Å²) in [5, 5.41) is 11.8. The van der Waals surface area contributed by atoms with Crippen LogP contribution < -0.4 is 0 Å². The predicted molar refractivity (Wildman–Crippen MR) is 58.1 cm³/mol. The van der Waals surface area contributed by atoms with E-state index >= 15 is 0 Å². The number of hydrogen-bond donors (Lipinski definition) is 0. The molecular weight excluding hydrogens is 246 g/mol. The average Bonchev–Trinajstić information content (AvgIpc) is 2.48. The Morgan fingerprint density at radius 1 is 1.57 bits per heavy atom. The standard InChI is InChI=1S/C8H16BrN5/c1-7(9)4-5-13(2)6-8-10-12-14(3)11-8/h7H,4-6H2,1-3H3. The van der Waals surface area contributed by atoms with Crippen molar-refractivity contribution in [3.05, 3.63) is 5.82 Å². The number of tetrazole rings is 1. The van der Waals surface area contributed by atoms with E-state index in [0.29, 0.717) is 4.83 Å². The molecule has 1 heterocycles. The zero-order valence-electron chi connectivity index (χ0n) is 8.81. The summed E-state index contributed by atoms with van der Waals surface area (Å²) in [5.41, 5.74) is 0. The van der Waals surface area contributed by atoms with Gasteiger partial charge in [0.1, 0.15) is 0 Å². The highest BCUT2D eigenvalue weighted by molar-refractivity contribution is 9.09. The van der Waals surface area contributed by atoms with Gasteiger partial charge < -0.3 is 0 Å². The second-order valence-corrected chi connectivity index (χ2v) is 5.07. The highest BCUT2D eigenvalue weighted by Gasteiger charge is 2.06. The fourth-order valence-electron chi connectivity index (χ4n) is 1.11. The van der Waals surface area contributed by atoms with Crippen LogP contribution in [0.1, 0.15) is 19.2 Å². The average molecular weight is 262 g/mol. The topological polar surface area (TPSA) is 46.8 Å². The number of halogens is 1. The normalized spacial score (nSPS) is 13.5. The van der Waals surface area contributed by atoms with Gasteiger partial charge in [0.15, 0.2) is 5.82 Å². The number of aryl methyl sites for hydroxylation is 1. The zero-order chi connectivity index (χ0) is 10.6. The predicted octanol–water partition coefficient (Wildman–Crippen LogP) is 0.815. The first kappa shape index (κ1) is 11.6. The molecule has 0 saturated heterocycles. The highest BCUT2D eigenvalue weighted by Crippen LogP contribution is 2.04. The zero-order valence-corrected chi connectivity index (χ0v) is 10.4. The number of aromatic nitrogens is 4. The van der Waals surface area contributed by atoms with E-state index in [9.17, 15) is 0 Å². The summed E-state index contributed by atoms with van der Waals surface area (Å²) >= 11 is 3.52. The molecule has 1 aromatic heterocycles. The molecule has 0 spiro atoms. The lowest BCUT2D eigenvalue weighted by molar-refractivity contribution is 0.314. The van der Waals surface area contributed by atoms with Crippen LogP contribution in [-0.4, -0.2) is 43.5 Å². The molecule has 0 aromatic carbocycles. The van der Waals surface area contributed by atoms with Gasteiger partial charge in [0.2, 0.25) is 0 Å². The Morgan fingerprint density at radius 3 is 2.79 bits per heavy atom. The van der Waals surface area contributed by atoms with Crippen molar-refractivity contribution in [1.29, 1.82) is 0 Å². The van der Waals surface area contributed by atoms with E-state index in [-0.39, 0.29) is 0 Å². The van der Waals surface area contributed by atoms with Crippen LogP contribution >= 0.6 is 15.9 Å². The van der Waals surface area contributed by atoms with Gasteiger partial charge in [0, 0.05) is 4.83 Å². The van der Waals surface area contributed by atoms with E-state index < -0.39 is 0 Å². The van der Waals surface area contributed by atoms with Crippen LogP contribution in [-0.2, 0) is 13.6 Å². The molecule has 80 valence electrons. The Morgan fingerprint density at radius 2 is 2.29 bits per heavy atom. The van der Waals surface area contributed by atoms with E-state index in [1.165, 1.54) is 4.80 Å². The lowest BCUT2D eigenvalue weighted by Gasteiger charge is -2.14. The van der Waals surface area contributed by atoms with Gasteiger partial charge in [0.25, 0.3) is 0 Å². The Balaban J connectivity index is 2.30. The SMILES string of the molecule is CC(Br)CCN(C)Cc1nnn(C)n1. The molecule has 0 N–H and O–H groups in total. The van der Waals surface area contributed by atoms with Crippen molar-refractivity contribution >= 4 is 15.9 Å². The molecule has 0 aliphatic rings. The Bertz CT molecular complexity index is 272. The first-order valence-electron chi connectivity index (χ1n) is 4.63. The fraction of sp³-hybridized carbons (Fsp3) is 0.875. The van der Waals surface area contributed by atoms with Crippen LogP contribution in [0, 0.1) is 0 Å². The van der Waals surface area contributed by atoms with Crippen molar-refractivity contribution < 1.29 is 0 Å². The van der Waals surface area contributed by atoms with Crippen molar-refractivity contribution in [2.45, 2.75) is 24.7 Å². The summed E-state index contributed by atoms with van der Waals surface area (Å²) in [6.45, 7) is 3.94. The van der Waals surface area contributed by atoms with Gasteiger partial charge in [-0.2, -0.15) is 4.80 Å². The molecule has 0 aliphatic carbocycles. The summed E-state index contributed by atoms with van der Waals surface area (Å²) in [7, 11) is 3.84. The lowest BCUT2D eigenvalue weighted by Crippen LogP contribution is -2.21. The summed E-state index contributed by atoms with van der Waals surface area (Å²) in [5.74, 6) is 0.775. The quantitative estimate of drug-likeness (QED) is 0.737. The van der Waals surface area contributed by atoms with E-state index in [4.69, 9.17) is 0 Å². The molecule has 0 aliphatic heterocycles. The van der Waals surface area contributed by atoms with Crippen molar-refractivity contribution in [1.82, 2.24) is 25.1 Å². The van der Waals surface area contributed by atoms with Gasteiger partial charge in [0.05, 0.1) is 13.6 Å². The molecule has 0 bridgehead atoms. The second kappa shape index (κ2) is 5.41. The van der Waals surface area contributed by atoms with E-state index in [1.54, 1.807) is 7.05 Å². The molecule has 1 unspecified atom stereocenters. The molecule has 1 atom stereocenters. The smallest absolute Gasteiger partial charge is 0.188 e. The molecule has 1 aromatic rings. The maximum atomic E-state index is 4.12. The number of rotatable bonds is 5. The minimum atomic E-state index is 0.555. The molecule has 0 amide bonds. The summed E-state index contributed by atoms with van der Waals surface area (Å²) < 4.78 is 0. The summed E-state index contributed by atoms with van der Waals surface area (Å²) in [6, 6.07) is 0. The lowest BCUT2D eigenvalue weighted by atomic mass is 10.3. The molecular formula is C8H16BrN5. The van der Waals surface area contributed by atoms with Crippen LogP contribution in [0.4, 0.5) is 0 Å². The molecule has 0 saturated carbocycles. The van der Waals surface area contributed by atoms with Crippen LogP contribution in [0.25, 0.3) is 0 Å². The van der Waals surface area contributed by atoms with Crippen LogP contribution in [0.3, 0.4) is 0 Å². The third kappa shape index (κ3) is 4.15. The minimum Gasteiger partial charge on any atom is -0.299 e. The Kier molecular flexibility index (Phi) is 4.47. The highest BCUT2D eigenvalue weighted by atomic mass is 79.9. The number of nitrogens with zero attached hydrogens (tertiary/aromatic N) is 5. The van der Waals surface area contributed by atoms with Crippen molar-refractivity contribution in [3.63, 3.8) is 0 Å². The Hall–Kier alpha value is -0.490. The Labute approximate surface area is 92.6 Å². The van der Waals surface area contributed by atoms with Crippen molar-refractivity contribution in [2.75, 3.05) is 13.6 Å². The minimum absolute atomic E-state index is 0.555. The van der Waals surface area contributed by atoms with Gasteiger partial charge >= 0.3 is 0 Å². The van der Waals surface area contributed by atoms with Crippen molar-refractivity contribution in [3.8, 4) is 0 Å². The van der Waals surface area contributed by atoms with E-state index in [1.807, 2.05) is 0 Å². The summed E-state index contributed by atoms with van der Waals surface area (Å²) in [4.78, 5) is 4.23. The maximum absolute atomic E-state index is 4.12. The third-order valence-corrected chi connectivity index (χ3v) is 2.33. The molecule has 5 nitrogen and oxygen atoms in total. The van der Waals surface area contributed by atoms with E-state index in [0.717, 1.165) is 25.3 Å². The molecule has 1 rings (SSSR count). The first-order chi connectivity index (χ1) is 6.58. The van der Waals surface area contributed by atoms with Gasteiger partial charge in [-0.25, -0.2) is 0 Å². The van der Waals surface area contributed by atoms with E-state index in [2.05, 4.69) is 50.2 Å². The number of hydrogen-bond acceptors (Lipinski definition) is 4. The largest absolute Gasteiger partial charge is 0.299 e. The van der Waals surface area contributed by atoms with Gasteiger partial charge in [-0.3, -0.25) is 4.90 Å². The fourth-order valence-corrected chi connectivity index (χ4v) is 1.31.